The zero-order chi connectivity index (χ0) is 18.0. The quantitative estimate of drug-likeness (QED) is 0.928. The van der Waals surface area contributed by atoms with E-state index >= 15 is 0 Å². The van der Waals surface area contributed by atoms with E-state index in [1.165, 1.54) is 0 Å². The number of nitrogens with zero attached hydrogens (tertiary/aromatic N) is 1. The molecule has 0 aliphatic carbocycles. The van der Waals surface area contributed by atoms with E-state index in [1.54, 1.807) is 25.1 Å². The number of fused-ring (bicyclic) bond motifs is 1. The molecular formula is C20H20N2O3. The van der Waals surface area contributed by atoms with Gasteiger partial charge in [0.2, 0.25) is 6.10 Å². The number of rotatable bonds is 3. The van der Waals surface area contributed by atoms with E-state index in [9.17, 15) is 10.1 Å². The van der Waals surface area contributed by atoms with E-state index in [2.05, 4.69) is 11.4 Å². The predicted molar refractivity (Wildman–Crippen MR) is 94.7 cm³/mol. The summed E-state index contributed by atoms with van der Waals surface area (Å²) in [5, 5.41) is 12.0. The summed E-state index contributed by atoms with van der Waals surface area (Å²) < 4.78 is 11.6. The summed E-state index contributed by atoms with van der Waals surface area (Å²) in [6.07, 6.45) is -1.13. The molecule has 0 aromatic heterocycles. The molecule has 2 aromatic rings. The molecule has 1 amide bonds. The molecule has 3 rings (SSSR count). The van der Waals surface area contributed by atoms with Crippen LogP contribution in [0.15, 0.2) is 48.5 Å². The molecule has 25 heavy (non-hydrogen) atoms. The largest absolute Gasteiger partial charge is 0.482 e. The summed E-state index contributed by atoms with van der Waals surface area (Å²) in [6, 6.07) is 16.8. The first-order valence-electron chi connectivity index (χ1n) is 8.16. The minimum Gasteiger partial charge on any atom is -0.482 e. The molecule has 2 unspecified atom stereocenters. The third-order valence-electron chi connectivity index (χ3n) is 4.25. The smallest absolute Gasteiger partial charge is 0.269 e. The Kier molecular flexibility index (Phi) is 4.37. The number of hydrogen-bond acceptors (Lipinski definition) is 4. The third kappa shape index (κ3) is 3.43. The Morgan fingerprint density at radius 2 is 1.68 bits per heavy atom. The van der Waals surface area contributed by atoms with Crippen molar-refractivity contribution in [1.29, 1.82) is 5.26 Å². The number of para-hydroxylation sites is 2. The van der Waals surface area contributed by atoms with Gasteiger partial charge in [-0.3, -0.25) is 4.79 Å². The number of carbonyl (C=O) groups excluding carboxylic acids is 1. The molecule has 1 aliphatic rings. The van der Waals surface area contributed by atoms with Crippen molar-refractivity contribution in [3.05, 3.63) is 54.1 Å². The highest BCUT2D eigenvalue weighted by Crippen LogP contribution is 2.33. The normalized spacial score (nSPS) is 19.0. The molecule has 1 aliphatic heterocycles. The molecule has 1 heterocycles. The number of nitrogens with one attached hydrogen (secondary N) is 1. The average Bonchev–Trinajstić information content (AvgIpc) is 2.61. The van der Waals surface area contributed by atoms with Gasteiger partial charge in [-0.25, -0.2) is 0 Å². The van der Waals surface area contributed by atoms with Crippen molar-refractivity contribution in [1.82, 2.24) is 0 Å². The van der Waals surface area contributed by atoms with Gasteiger partial charge in [0.05, 0.1) is 11.5 Å². The van der Waals surface area contributed by atoms with Crippen LogP contribution in [0.3, 0.4) is 0 Å². The summed E-state index contributed by atoms with van der Waals surface area (Å²) in [5.41, 5.74) is 0.978. The maximum Gasteiger partial charge on any atom is 0.269 e. The zero-order valence-electron chi connectivity index (χ0n) is 14.4. The number of carbonyl (C=O) groups is 1. The molecular weight excluding hydrogens is 316 g/mol. The van der Waals surface area contributed by atoms with Gasteiger partial charge in [0.15, 0.2) is 11.5 Å². The van der Waals surface area contributed by atoms with Gasteiger partial charge in [0, 0.05) is 5.69 Å². The van der Waals surface area contributed by atoms with Crippen LogP contribution in [0, 0.1) is 11.3 Å². The van der Waals surface area contributed by atoms with E-state index < -0.39 is 17.6 Å². The van der Waals surface area contributed by atoms with Gasteiger partial charge in [-0.2, -0.15) is 5.26 Å². The Hall–Kier alpha value is -3.00. The lowest BCUT2D eigenvalue weighted by Gasteiger charge is -2.31. The molecule has 2 aromatic carbocycles. The van der Waals surface area contributed by atoms with Crippen molar-refractivity contribution in [2.75, 3.05) is 5.32 Å². The predicted octanol–water partition coefficient (Wildman–Crippen LogP) is 3.65. The van der Waals surface area contributed by atoms with Crippen molar-refractivity contribution in [3.63, 3.8) is 0 Å². The first-order valence-corrected chi connectivity index (χ1v) is 8.16. The number of hydrogen-bond donors (Lipinski definition) is 1. The molecule has 5 nitrogen and oxygen atoms in total. The van der Waals surface area contributed by atoms with Gasteiger partial charge in [-0.05, 0) is 50.6 Å². The highest BCUT2D eigenvalue weighted by molar-refractivity contribution is 5.95. The molecule has 128 valence electrons. The van der Waals surface area contributed by atoms with E-state index in [1.807, 2.05) is 44.2 Å². The molecule has 2 atom stereocenters. The lowest BCUT2D eigenvalue weighted by Crippen LogP contribution is -2.46. The standard InChI is InChI=1S/C20H20N2O3/c1-13-18(25-17-7-5-4-6-16(17)24-13)19(23)22-15-10-8-14(9-11-15)20(2,3)12-21/h4-11,13,18H,1-3H3,(H,22,23). The van der Waals surface area contributed by atoms with E-state index in [4.69, 9.17) is 9.47 Å². The minimum atomic E-state index is -0.731. The van der Waals surface area contributed by atoms with Crippen LogP contribution in [0.25, 0.3) is 0 Å². The van der Waals surface area contributed by atoms with Crippen LogP contribution in [-0.4, -0.2) is 18.1 Å². The van der Waals surface area contributed by atoms with Crippen molar-refractivity contribution in [3.8, 4) is 17.6 Å². The molecule has 0 fully saturated rings. The topological polar surface area (TPSA) is 71.3 Å². The van der Waals surface area contributed by atoms with Crippen molar-refractivity contribution in [2.24, 2.45) is 0 Å². The van der Waals surface area contributed by atoms with Crippen LogP contribution in [0.1, 0.15) is 26.3 Å². The van der Waals surface area contributed by atoms with Crippen LogP contribution >= 0.6 is 0 Å². The second kappa shape index (κ2) is 6.48. The van der Waals surface area contributed by atoms with Crippen LogP contribution < -0.4 is 14.8 Å². The summed E-state index contributed by atoms with van der Waals surface area (Å²) in [7, 11) is 0. The van der Waals surface area contributed by atoms with Crippen molar-refractivity contribution in [2.45, 2.75) is 38.4 Å². The summed E-state index contributed by atoms with van der Waals surface area (Å²) >= 11 is 0. The number of nitriles is 1. The maximum absolute atomic E-state index is 12.6. The van der Waals surface area contributed by atoms with Crippen LogP contribution in [0.5, 0.6) is 11.5 Å². The Balaban J connectivity index is 1.72. The first-order chi connectivity index (χ1) is 11.9. The lowest BCUT2D eigenvalue weighted by atomic mass is 9.86. The van der Waals surface area contributed by atoms with Gasteiger partial charge in [-0.15, -0.1) is 0 Å². The highest BCUT2D eigenvalue weighted by atomic mass is 16.6. The van der Waals surface area contributed by atoms with E-state index in [-0.39, 0.29) is 5.91 Å². The molecule has 0 spiro atoms. The molecule has 0 saturated carbocycles. The number of anilines is 1. The van der Waals surface area contributed by atoms with Crippen LogP contribution in [0.2, 0.25) is 0 Å². The SMILES string of the molecule is CC1Oc2ccccc2OC1C(=O)Nc1ccc(C(C)(C)C#N)cc1. The maximum atomic E-state index is 12.6. The molecule has 5 heteroatoms. The number of ether oxygens (including phenoxy) is 2. The fraction of sp³-hybridized carbons (Fsp3) is 0.300. The number of amides is 1. The molecule has 0 radical (unpaired) electrons. The summed E-state index contributed by atoms with van der Waals surface area (Å²) in [5.74, 6) is 0.934. The fourth-order valence-corrected chi connectivity index (χ4v) is 2.65. The van der Waals surface area contributed by atoms with Gasteiger partial charge >= 0.3 is 0 Å². The first kappa shape index (κ1) is 16.8. The second-order valence-electron chi connectivity index (χ2n) is 6.61. The van der Waals surface area contributed by atoms with E-state index in [0.29, 0.717) is 17.2 Å². The lowest BCUT2D eigenvalue weighted by molar-refractivity contribution is -0.128. The van der Waals surface area contributed by atoms with Gasteiger partial charge < -0.3 is 14.8 Å². The number of benzene rings is 2. The Labute approximate surface area is 147 Å². The Morgan fingerprint density at radius 3 is 2.28 bits per heavy atom. The monoisotopic (exact) mass is 336 g/mol. The zero-order valence-corrected chi connectivity index (χ0v) is 14.4. The van der Waals surface area contributed by atoms with E-state index in [0.717, 1.165) is 5.56 Å². The molecule has 1 N–H and O–H groups in total. The van der Waals surface area contributed by atoms with Crippen LogP contribution in [0.4, 0.5) is 5.69 Å². The molecule has 0 bridgehead atoms. The Morgan fingerprint density at radius 1 is 1.08 bits per heavy atom. The summed E-state index contributed by atoms with van der Waals surface area (Å²) in [4.78, 5) is 12.6. The van der Waals surface area contributed by atoms with Crippen molar-refractivity contribution >= 4 is 11.6 Å². The fourth-order valence-electron chi connectivity index (χ4n) is 2.65. The highest BCUT2D eigenvalue weighted by Gasteiger charge is 2.34. The van der Waals surface area contributed by atoms with Gasteiger partial charge in [-0.1, -0.05) is 24.3 Å². The van der Waals surface area contributed by atoms with Gasteiger partial charge in [0.25, 0.3) is 5.91 Å². The van der Waals surface area contributed by atoms with Crippen molar-refractivity contribution < 1.29 is 14.3 Å². The average molecular weight is 336 g/mol. The minimum absolute atomic E-state index is 0.269. The third-order valence-corrected chi connectivity index (χ3v) is 4.25. The van der Waals surface area contributed by atoms with Crippen LogP contribution in [-0.2, 0) is 10.2 Å². The molecule has 0 saturated heterocycles. The van der Waals surface area contributed by atoms with Gasteiger partial charge in [0.1, 0.15) is 6.10 Å². The Bertz CT molecular complexity index is 822. The second-order valence-corrected chi connectivity index (χ2v) is 6.61. The summed E-state index contributed by atoms with van der Waals surface area (Å²) in [6.45, 7) is 5.51.